The fourth-order valence-corrected chi connectivity index (χ4v) is 8.43. The van der Waals surface area contributed by atoms with Gasteiger partial charge in [-0.2, -0.15) is 0 Å². The number of nitrogens with zero attached hydrogens (tertiary/aromatic N) is 1. The van der Waals surface area contributed by atoms with E-state index in [1.165, 1.54) is 65.3 Å². The maximum absolute atomic E-state index is 6.54. The molecule has 11 rings (SSSR count). The van der Waals surface area contributed by atoms with Crippen molar-refractivity contribution in [3.05, 3.63) is 200 Å². The summed E-state index contributed by atoms with van der Waals surface area (Å²) in [6.45, 7) is 0. The number of fused-ring (bicyclic) bond motifs is 10. The van der Waals surface area contributed by atoms with Crippen molar-refractivity contribution in [3.8, 4) is 22.3 Å². The number of benzene rings is 10. The van der Waals surface area contributed by atoms with Crippen LogP contribution in [-0.2, 0) is 0 Å². The molecule has 0 N–H and O–H groups in total. The van der Waals surface area contributed by atoms with Crippen LogP contribution >= 0.6 is 0 Å². The minimum absolute atomic E-state index is 0.879. The topological polar surface area (TPSA) is 16.4 Å². The Morgan fingerprint density at radius 1 is 0.296 bits per heavy atom. The molecule has 11 aromatic rings. The van der Waals surface area contributed by atoms with E-state index in [0.29, 0.717) is 0 Å². The number of furan rings is 1. The molecule has 0 spiro atoms. The van der Waals surface area contributed by atoms with Gasteiger partial charge in [-0.3, -0.25) is 0 Å². The monoisotopic (exact) mass is 687 g/mol. The van der Waals surface area contributed by atoms with Crippen LogP contribution < -0.4 is 4.90 Å². The molecule has 1 heterocycles. The standard InChI is InChI=1S/C52H33NO/c1-2-10-34(11-3-1)35-22-27-41(28-23-35)53(48-33-50-52(46-15-7-6-14-45(46)48)47-16-8-9-17-49(47)54-50)42-29-24-36(25-30-42)39-26-31-44-40(32-39)21-20-38-19-18-37-12-4-5-13-43(37)51(38)44/h1-33H. The molecule has 0 atom stereocenters. The Hall–Kier alpha value is -7.16. The van der Waals surface area contributed by atoms with Gasteiger partial charge in [-0.15, -0.1) is 0 Å². The van der Waals surface area contributed by atoms with Crippen molar-refractivity contribution in [2.45, 2.75) is 0 Å². The van der Waals surface area contributed by atoms with Crippen molar-refractivity contribution in [2.75, 3.05) is 4.90 Å². The first-order chi connectivity index (χ1) is 26.8. The zero-order valence-corrected chi connectivity index (χ0v) is 29.4. The van der Waals surface area contributed by atoms with Crippen LogP contribution in [0, 0.1) is 0 Å². The van der Waals surface area contributed by atoms with Crippen molar-refractivity contribution < 1.29 is 4.42 Å². The van der Waals surface area contributed by atoms with Crippen molar-refractivity contribution >= 4 is 82.1 Å². The van der Waals surface area contributed by atoms with Crippen LogP contribution in [-0.4, -0.2) is 0 Å². The van der Waals surface area contributed by atoms with Crippen LogP contribution in [0.5, 0.6) is 0 Å². The molecule has 0 amide bonds. The molecule has 2 heteroatoms. The van der Waals surface area contributed by atoms with E-state index in [1.54, 1.807) is 0 Å². The number of para-hydroxylation sites is 1. The fraction of sp³-hybridized carbons (Fsp3) is 0. The summed E-state index contributed by atoms with van der Waals surface area (Å²) < 4.78 is 6.54. The molecule has 252 valence electrons. The van der Waals surface area contributed by atoms with Gasteiger partial charge in [0.25, 0.3) is 0 Å². The fourth-order valence-electron chi connectivity index (χ4n) is 8.43. The molecule has 0 bridgehead atoms. The maximum Gasteiger partial charge on any atom is 0.138 e. The second kappa shape index (κ2) is 12.2. The van der Waals surface area contributed by atoms with E-state index in [9.17, 15) is 0 Å². The Balaban J connectivity index is 1.06. The van der Waals surface area contributed by atoms with Gasteiger partial charge in [-0.05, 0) is 96.4 Å². The molecule has 0 aliphatic carbocycles. The molecule has 0 radical (unpaired) electrons. The predicted octanol–water partition coefficient (Wildman–Crippen LogP) is 15.0. The predicted molar refractivity (Wildman–Crippen MR) is 229 cm³/mol. The minimum Gasteiger partial charge on any atom is -0.456 e. The van der Waals surface area contributed by atoms with Crippen LogP contribution in [0.4, 0.5) is 17.1 Å². The lowest BCUT2D eigenvalue weighted by molar-refractivity contribution is 0.669. The van der Waals surface area contributed by atoms with Gasteiger partial charge in [0, 0.05) is 33.6 Å². The van der Waals surface area contributed by atoms with Gasteiger partial charge in [-0.1, -0.05) is 158 Å². The van der Waals surface area contributed by atoms with E-state index >= 15 is 0 Å². The first-order valence-corrected chi connectivity index (χ1v) is 18.5. The van der Waals surface area contributed by atoms with Crippen LogP contribution in [0.1, 0.15) is 0 Å². The quantitative estimate of drug-likeness (QED) is 0.168. The molecule has 0 unspecified atom stereocenters. The van der Waals surface area contributed by atoms with Crippen LogP contribution in [0.2, 0.25) is 0 Å². The second-order valence-corrected chi connectivity index (χ2v) is 14.1. The molecule has 10 aromatic carbocycles. The highest BCUT2D eigenvalue weighted by atomic mass is 16.3. The van der Waals surface area contributed by atoms with E-state index in [4.69, 9.17) is 4.42 Å². The number of hydrogen-bond donors (Lipinski definition) is 0. The van der Waals surface area contributed by atoms with E-state index in [1.807, 2.05) is 6.07 Å². The highest BCUT2D eigenvalue weighted by Crippen LogP contribution is 2.45. The van der Waals surface area contributed by atoms with Crippen molar-refractivity contribution in [1.82, 2.24) is 0 Å². The smallest absolute Gasteiger partial charge is 0.138 e. The van der Waals surface area contributed by atoms with E-state index in [2.05, 4.69) is 199 Å². The van der Waals surface area contributed by atoms with Crippen LogP contribution in [0.3, 0.4) is 0 Å². The SMILES string of the molecule is c1ccc(-c2ccc(N(c3ccc(-c4ccc5c(ccc6ccc7ccccc7c65)c4)cc3)c3cc4oc5ccccc5c4c4ccccc34)cc2)cc1. The Morgan fingerprint density at radius 2 is 0.833 bits per heavy atom. The third-order valence-corrected chi connectivity index (χ3v) is 11.0. The zero-order valence-electron chi connectivity index (χ0n) is 29.4. The van der Waals surface area contributed by atoms with Gasteiger partial charge in [0.05, 0.1) is 5.69 Å². The summed E-state index contributed by atoms with van der Waals surface area (Å²) in [7, 11) is 0. The Kier molecular flexibility index (Phi) is 6.90. The second-order valence-electron chi connectivity index (χ2n) is 14.1. The molecule has 0 fully saturated rings. The van der Waals surface area contributed by atoms with Gasteiger partial charge < -0.3 is 9.32 Å². The molecule has 54 heavy (non-hydrogen) atoms. The summed E-state index contributed by atoms with van der Waals surface area (Å²) in [6, 6.07) is 72.2. The molecule has 2 nitrogen and oxygen atoms in total. The van der Waals surface area contributed by atoms with Crippen LogP contribution in [0.15, 0.2) is 205 Å². The maximum atomic E-state index is 6.54. The van der Waals surface area contributed by atoms with Gasteiger partial charge in [0.15, 0.2) is 0 Å². The first kappa shape index (κ1) is 30.5. The van der Waals surface area contributed by atoms with E-state index in [0.717, 1.165) is 39.0 Å². The third-order valence-electron chi connectivity index (χ3n) is 11.0. The lowest BCUT2D eigenvalue weighted by Gasteiger charge is -2.27. The molecule has 1 aromatic heterocycles. The van der Waals surface area contributed by atoms with Crippen molar-refractivity contribution in [1.29, 1.82) is 0 Å². The average molecular weight is 688 g/mol. The number of rotatable bonds is 5. The normalized spacial score (nSPS) is 11.7. The van der Waals surface area contributed by atoms with Gasteiger partial charge in [-0.25, -0.2) is 0 Å². The Morgan fingerprint density at radius 3 is 1.59 bits per heavy atom. The van der Waals surface area contributed by atoms with E-state index in [-0.39, 0.29) is 0 Å². The lowest BCUT2D eigenvalue weighted by atomic mass is 9.94. The molecular weight excluding hydrogens is 655 g/mol. The summed E-state index contributed by atoms with van der Waals surface area (Å²) in [5.74, 6) is 0. The van der Waals surface area contributed by atoms with Crippen molar-refractivity contribution in [2.24, 2.45) is 0 Å². The summed E-state index contributed by atoms with van der Waals surface area (Å²) in [5.41, 5.74) is 9.76. The summed E-state index contributed by atoms with van der Waals surface area (Å²) in [5, 5.41) is 12.3. The summed E-state index contributed by atoms with van der Waals surface area (Å²) in [6.07, 6.45) is 0. The highest BCUT2D eigenvalue weighted by Gasteiger charge is 2.20. The number of hydrogen-bond acceptors (Lipinski definition) is 2. The molecule has 0 aliphatic heterocycles. The lowest BCUT2D eigenvalue weighted by Crippen LogP contribution is -2.10. The number of anilines is 3. The molecule has 0 saturated heterocycles. The minimum atomic E-state index is 0.879. The van der Waals surface area contributed by atoms with Crippen LogP contribution in [0.25, 0.3) is 87.3 Å². The molecular formula is C52H33NO. The zero-order chi connectivity index (χ0) is 35.6. The average Bonchev–Trinajstić information content (AvgIpc) is 3.63. The highest BCUT2D eigenvalue weighted by molar-refractivity contribution is 6.23. The molecule has 0 aliphatic rings. The first-order valence-electron chi connectivity index (χ1n) is 18.5. The summed E-state index contributed by atoms with van der Waals surface area (Å²) in [4.78, 5) is 2.37. The third kappa shape index (κ3) is 4.88. The Bertz CT molecular complexity index is 3190. The van der Waals surface area contributed by atoms with E-state index < -0.39 is 0 Å². The van der Waals surface area contributed by atoms with Gasteiger partial charge >= 0.3 is 0 Å². The summed E-state index contributed by atoms with van der Waals surface area (Å²) >= 11 is 0. The molecule has 0 saturated carbocycles. The van der Waals surface area contributed by atoms with Gasteiger partial charge in [0.1, 0.15) is 11.2 Å². The van der Waals surface area contributed by atoms with Gasteiger partial charge in [0.2, 0.25) is 0 Å². The Labute approximate surface area is 312 Å². The largest absolute Gasteiger partial charge is 0.456 e. The van der Waals surface area contributed by atoms with Crippen molar-refractivity contribution in [3.63, 3.8) is 0 Å².